The van der Waals surface area contributed by atoms with E-state index in [0.29, 0.717) is 6.42 Å². The fourth-order valence-electron chi connectivity index (χ4n) is 8.08. The van der Waals surface area contributed by atoms with Crippen molar-refractivity contribution < 1.29 is 44.9 Å². The van der Waals surface area contributed by atoms with Crippen LogP contribution in [0, 0.1) is 0 Å². The van der Waals surface area contributed by atoms with Gasteiger partial charge in [-0.3, -0.25) is 4.79 Å². The summed E-state index contributed by atoms with van der Waals surface area (Å²) in [5.41, 5.74) is 0. The molecule has 10 nitrogen and oxygen atoms in total. The van der Waals surface area contributed by atoms with Gasteiger partial charge in [-0.2, -0.15) is 0 Å². The number of unbranched alkanes of at least 4 members (excludes halogenated alkanes) is 30. The Morgan fingerprint density at radius 2 is 0.912 bits per heavy atom. The predicted molar refractivity (Wildman–Crippen MR) is 232 cm³/mol. The molecule has 0 aromatic rings. The van der Waals surface area contributed by atoms with Crippen LogP contribution in [0.1, 0.15) is 232 Å². The highest BCUT2D eigenvalue weighted by Gasteiger charge is 2.44. The molecule has 1 aliphatic rings. The van der Waals surface area contributed by atoms with E-state index < -0.39 is 55.6 Å². The minimum absolute atomic E-state index is 0.254. The zero-order chi connectivity index (χ0) is 41.8. The number of amides is 1. The molecule has 0 aromatic heterocycles. The molecule has 1 aliphatic heterocycles. The van der Waals surface area contributed by atoms with E-state index in [4.69, 9.17) is 9.47 Å². The molecule has 10 heteroatoms. The van der Waals surface area contributed by atoms with Gasteiger partial charge >= 0.3 is 0 Å². The van der Waals surface area contributed by atoms with Crippen LogP contribution in [-0.2, 0) is 14.3 Å². The van der Waals surface area contributed by atoms with Crippen molar-refractivity contribution in [2.75, 3.05) is 13.2 Å². The lowest BCUT2D eigenvalue weighted by atomic mass is 9.98. The molecule has 1 saturated heterocycles. The third-order valence-electron chi connectivity index (χ3n) is 12.1. The first kappa shape index (κ1) is 54.2. The molecule has 1 rings (SSSR count). The molecule has 7 N–H and O–H groups in total. The Morgan fingerprint density at radius 1 is 0.544 bits per heavy atom. The molecule has 0 aromatic carbocycles. The van der Waals surface area contributed by atoms with Crippen LogP contribution in [0.15, 0.2) is 0 Å². The summed E-state index contributed by atoms with van der Waals surface area (Å²) in [5, 5.41) is 65.0. The molecule has 0 bridgehead atoms. The van der Waals surface area contributed by atoms with Crippen molar-refractivity contribution in [3.05, 3.63) is 0 Å². The second-order valence-electron chi connectivity index (χ2n) is 17.4. The molecule has 1 amide bonds. The molecule has 0 radical (unpaired) electrons. The van der Waals surface area contributed by atoms with Crippen molar-refractivity contribution in [2.45, 2.75) is 281 Å². The number of carbonyl (C=O) groups is 1. The van der Waals surface area contributed by atoms with E-state index >= 15 is 0 Å². The van der Waals surface area contributed by atoms with Crippen molar-refractivity contribution in [1.29, 1.82) is 0 Å². The van der Waals surface area contributed by atoms with Crippen molar-refractivity contribution in [3.63, 3.8) is 0 Å². The molecule has 0 aliphatic carbocycles. The van der Waals surface area contributed by atoms with E-state index in [0.717, 1.165) is 44.9 Å². The maximum atomic E-state index is 13.0. The molecule has 57 heavy (non-hydrogen) atoms. The minimum Gasteiger partial charge on any atom is -0.394 e. The second-order valence-corrected chi connectivity index (χ2v) is 17.4. The van der Waals surface area contributed by atoms with Crippen molar-refractivity contribution in [2.24, 2.45) is 0 Å². The maximum Gasteiger partial charge on any atom is 0.220 e. The number of nitrogens with one attached hydrogen (secondary N) is 1. The molecule has 0 spiro atoms. The highest BCUT2D eigenvalue weighted by Crippen LogP contribution is 2.23. The number of carbonyl (C=O) groups excluding carboxylic acids is 1. The number of aliphatic hydroxyl groups is 6. The van der Waals surface area contributed by atoms with E-state index in [1.165, 1.54) is 161 Å². The van der Waals surface area contributed by atoms with E-state index in [-0.39, 0.29) is 18.9 Å². The SMILES string of the molecule is CCCCCCCCCCCCCCCCCCCCCCCCCC(=O)N[C@@H](CO[C@@H]1O[C@H](CO)[C@@H](O)C(O)C1O)[C@H](O)[C@H](O)CCCCCCCCCCC. The van der Waals surface area contributed by atoms with Gasteiger partial charge in [-0.25, -0.2) is 0 Å². The standard InChI is InChI=1S/C47H93NO9/c1-3-5-7-9-11-13-14-15-16-17-18-19-20-21-22-23-24-25-26-28-30-32-34-36-42(51)48-39(38-56-47-46(55)45(54)44(53)41(37-49)57-47)43(52)40(50)35-33-31-29-27-12-10-8-6-4-2/h39-41,43-47,49-50,52-55H,3-38H2,1-2H3,(H,48,51)/t39-,40+,41+,43-,44+,45?,46?,47+/m0/s1. The summed E-state index contributed by atoms with van der Waals surface area (Å²) in [7, 11) is 0. The molecule has 340 valence electrons. The van der Waals surface area contributed by atoms with E-state index in [1.807, 2.05) is 0 Å². The van der Waals surface area contributed by atoms with Gasteiger partial charge in [0.2, 0.25) is 5.91 Å². The van der Waals surface area contributed by atoms with Crippen LogP contribution < -0.4 is 5.32 Å². The fraction of sp³-hybridized carbons (Fsp3) is 0.979. The number of aliphatic hydroxyl groups excluding tert-OH is 6. The Balaban J connectivity index is 2.25. The third-order valence-corrected chi connectivity index (χ3v) is 12.1. The summed E-state index contributed by atoms with van der Waals surface area (Å²) in [4.78, 5) is 13.0. The lowest BCUT2D eigenvalue weighted by molar-refractivity contribution is -0.303. The first-order chi connectivity index (χ1) is 27.8. The summed E-state index contributed by atoms with van der Waals surface area (Å²) in [5.74, 6) is -0.254. The number of hydrogen-bond acceptors (Lipinski definition) is 9. The topological polar surface area (TPSA) is 169 Å². The van der Waals surface area contributed by atoms with Crippen molar-refractivity contribution in [3.8, 4) is 0 Å². The number of ether oxygens (including phenoxy) is 2. The monoisotopic (exact) mass is 816 g/mol. The van der Waals surface area contributed by atoms with Gasteiger partial charge in [-0.1, -0.05) is 213 Å². The van der Waals surface area contributed by atoms with Gasteiger partial charge in [0.05, 0.1) is 25.4 Å². The highest BCUT2D eigenvalue weighted by atomic mass is 16.7. The summed E-state index contributed by atoms with van der Waals surface area (Å²) in [6.45, 7) is 3.60. The van der Waals surface area contributed by atoms with E-state index in [9.17, 15) is 35.4 Å². The molecular formula is C47H93NO9. The average molecular weight is 816 g/mol. The fourth-order valence-corrected chi connectivity index (χ4v) is 8.08. The van der Waals surface area contributed by atoms with Gasteiger partial charge < -0.3 is 45.4 Å². The van der Waals surface area contributed by atoms with E-state index in [2.05, 4.69) is 19.2 Å². The smallest absolute Gasteiger partial charge is 0.220 e. The Bertz CT molecular complexity index is 880. The number of hydrogen-bond donors (Lipinski definition) is 7. The largest absolute Gasteiger partial charge is 0.394 e. The Kier molecular flexibility index (Phi) is 36.2. The minimum atomic E-state index is -1.60. The van der Waals surface area contributed by atoms with Crippen LogP contribution in [-0.4, -0.2) is 98.7 Å². The molecule has 8 atom stereocenters. The Hall–Kier alpha value is -0.850. The Morgan fingerprint density at radius 3 is 1.30 bits per heavy atom. The zero-order valence-corrected chi connectivity index (χ0v) is 37.0. The van der Waals surface area contributed by atoms with Gasteiger partial charge in [-0.05, 0) is 12.8 Å². The lowest BCUT2D eigenvalue weighted by Gasteiger charge is -2.40. The van der Waals surface area contributed by atoms with Crippen LogP contribution >= 0.6 is 0 Å². The van der Waals surface area contributed by atoms with Gasteiger partial charge in [0, 0.05) is 6.42 Å². The first-order valence-corrected chi connectivity index (χ1v) is 24.3. The third kappa shape index (κ3) is 28.3. The van der Waals surface area contributed by atoms with Crippen molar-refractivity contribution >= 4 is 5.91 Å². The second kappa shape index (κ2) is 38.1. The molecule has 1 heterocycles. The molecule has 0 saturated carbocycles. The van der Waals surface area contributed by atoms with Gasteiger partial charge in [-0.15, -0.1) is 0 Å². The van der Waals surface area contributed by atoms with E-state index in [1.54, 1.807) is 0 Å². The van der Waals surface area contributed by atoms with Crippen LogP contribution in [0.4, 0.5) is 0 Å². The number of rotatable bonds is 41. The van der Waals surface area contributed by atoms with Gasteiger partial charge in [0.25, 0.3) is 0 Å². The van der Waals surface area contributed by atoms with Gasteiger partial charge in [0.1, 0.15) is 30.5 Å². The van der Waals surface area contributed by atoms with Crippen LogP contribution in [0.5, 0.6) is 0 Å². The molecule has 2 unspecified atom stereocenters. The Labute approximate surface area is 349 Å². The summed E-state index contributed by atoms with van der Waals surface area (Å²) in [6.07, 6.45) is 31.3. The summed E-state index contributed by atoms with van der Waals surface area (Å²) < 4.78 is 11.1. The van der Waals surface area contributed by atoms with Crippen molar-refractivity contribution in [1.82, 2.24) is 5.32 Å². The zero-order valence-electron chi connectivity index (χ0n) is 37.0. The molecule has 1 fully saturated rings. The maximum absolute atomic E-state index is 13.0. The normalized spacial score (nSPS) is 21.4. The lowest BCUT2D eigenvalue weighted by Crippen LogP contribution is -2.60. The average Bonchev–Trinajstić information content (AvgIpc) is 3.21. The predicted octanol–water partition coefficient (Wildman–Crippen LogP) is 9.31. The van der Waals surface area contributed by atoms with Crippen LogP contribution in [0.3, 0.4) is 0 Å². The van der Waals surface area contributed by atoms with Crippen LogP contribution in [0.2, 0.25) is 0 Å². The summed E-state index contributed by atoms with van der Waals surface area (Å²) >= 11 is 0. The van der Waals surface area contributed by atoms with Crippen LogP contribution in [0.25, 0.3) is 0 Å². The van der Waals surface area contributed by atoms with Gasteiger partial charge in [0.15, 0.2) is 6.29 Å². The first-order valence-electron chi connectivity index (χ1n) is 24.3. The molecular weight excluding hydrogens is 723 g/mol. The summed E-state index contributed by atoms with van der Waals surface area (Å²) in [6, 6.07) is -0.983. The highest BCUT2D eigenvalue weighted by molar-refractivity contribution is 5.76. The quantitative estimate of drug-likeness (QED) is 0.0298.